The molecule has 0 aromatic heterocycles. The van der Waals surface area contributed by atoms with Crippen LogP contribution in [0, 0.1) is 13.8 Å². The number of amides is 2. The monoisotopic (exact) mass is 527 g/mol. The third-order valence-corrected chi connectivity index (χ3v) is 7.18. The summed E-state index contributed by atoms with van der Waals surface area (Å²) >= 11 is 12.7. The molecule has 0 heterocycles. The summed E-state index contributed by atoms with van der Waals surface area (Å²) in [6, 6.07) is 9.31. The number of benzene rings is 2. The van der Waals surface area contributed by atoms with Crippen LogP contribution in [-0.4, -0.2) is 50.0 Å². The molecule has 1 N–H and O–H groups in total. The van der Waals surface area contributed by atoms with Crippen molar-refractivity contribution in [2.75, 3.05) is 17.1 Å². The molecular formula is C24H31Cl2N3O4S. The van der Waals surface area contributed by atoms with Crippen LogP contribution in [0.2, 0.25) is 10.0 Å². The minimum absolute atomic E-state index is 0.0611. The van der Waals surface area contributed by atoms with Crippen molar-refractivity contribution in [2.24, 2.45) is 0 Å². The number of halogens is 2. The molecule has 186 valence electrons. The largest absolute Gasteiger partial charge is 0.352 e. The molecule has 0 saturated carbocycles. The van der Waals surface area contributed by atoms with E-state index in [1.54, 1.807) is 51.1 Å². The summed E-state index contributed by atoms with van der Waals surface area (Å²) in [5.41, 5.74) is 2.34. The van der Waals surface area contributed by atoms with Crippen molar-refractivity contribution >= 4 is 50.7 Å². The minimum atomic E-state index is -3.81. The van der Waals surface area contributed by atoms with E-state index < -0.39 is 28.5 Å². The highest BCUT2D eigenvalue weighted by Crippen LogP contribution is 2.29. The van der Waals surface area contributed by atoms with Crippen LogP contribution in [0.15, 0.2) is 36.4 Å². The van der Waals surface area contributed by atoms with Crippen LogP contribution in [0.5, 0.6) is 0 Å². The highest BCUT2D eigenvalue weighted by Gasteiger charge is 2.32. The quantitative estimate of drug-likeness (QED) is 0.526. The smallest absolute Gasteiger partial charge is 0.244 e. The van der Waals surface area contributed by atoms with Crippen molar-refractivity contribution in [3.8, 4) is 0 Å². The van der Waals surface area contributed by atoms with E-state index in [1.807, 2.05) is 19.9 Å². The number of sulfonamides is 1. The topological polar surface area (TPSA) is 86.8 Å². The van der Waals surface area contributed by atoms with E-state index in [1.165, 1.54) is 4.90 Å². The average Bonchev–Trinajstić information content (AvgIpc) is 2.71. The highest BCUT2D eigenvalue weighted by atomic mass is 35.5. The lowest BCUT2D eigenvalue weighted by molar-refractivity contribution is -0.139. The van der Waals surface area contributed by atoms with E-state index in [0.717, 1.165) is 10.6 Å². The van der Waals surface area contributed by atoms with E-state index in [-0.39, 0.29) is 18.5 Å². The van der Waals surface area contributed by atoms with E-state index in [2.05, 4.69) is 5.32 Å². The summed E-state index contributed by atoms with van der Waals surface area (Å²) in [5, 5.41) is 3.48. The van der Waals surface area contributed by atoms with Crippen LogP contribution in [0.4, 0.5) is 5.69 Å². The Morgan fingerprint density at radius 3 is 1.94 bits per heavy atom. The molecule has 10 heteroatoms. The van der Waals surface area contributed by atoms with E-state index in [0.29, 0.717) is 32.4 Å². The summed E-state index contributed by atoms with van der Waals surface area (Å²) in [5.74, 6) is -0.931. The van der Waals surface area contributed by atoms with E-state index in [4.69, 9.17) is 23.2 Å². The third-order valence-electron chi connectivity index (χ3n) is 5.36. The van der Waals surface area contributed by atoms with Crippen LogP contribution >= 0.6 is 23.2 Å². The Balaban J connectivity index is 2.51. The van der Waals surface area contributed by atoms with Crippen molar-refractivity contribution in [3.05, 3.63) is 63.1 Å². The Morgan fingerprint density at radius 2 is 1.47 bits per heavy atom. The zero-order chi connectivity index (χ0) is 25.8. The van der Waals surface area contributed by atoms with Crippen molar-refractivity contribution in [3.63, 3.8) is 0 Å². The number of anilines is 1. The van der Waals surface area contributed by atoms with Crippen LogP contribution in [0.25, 0.3) is 0 Å². The second-order valence-corrected chi connectivity index (χ2v) is 11.3. The van der Waals surface area contributed by atoms with Gasteiger partial charge in [0.15, 0.2) is 0 Å². The second kappa shape index (κ2) is 11.4. The molecule has 1 atom stereocenters. The molecule has 2 amide bonds. The molecular weight excluding hydrogens is 497 g/mol. The molecule has 7 nitrogen and oxygen atoms in total. The van der Waals surface area contributed by atoms with E-state index in [9.17, 15) is 18.0 Å². The normalized spacial score (nSPS) is 12.4. The van der Waals surface area contributed by atoms with Crippen molar-refractivity contribution in [1.29, 1.82) is 0 Å². The first kappa shape index (κ1) is 28.0. The maximum absolute atomic E-state index is 13.6. The van der Waals surface area contributed by atoms with Crippen molar-refractivity contribution in [2.45, 2.75) is 53.2 Å². The fourth-order valence-electron chi connectivity index (χ4n) is 3.62. The minimum Gasteiger partial charge on any atom is -0.352 e. The predicted octanol–water partition coefficient (Wildman–Crippen LogP) is 4.32. The second-order valence-electron chi connectivity index (χ2n) is 8.57. The molecule has 0 saturated heterocycles. The maximum atomic E-state index is 13.6. The number of carbonyl (C=O) groups is 2. The lowest BCUT2D eigenvalue weighted by Crippen LogP contribution is -2.52. The number of aryl methyl sites for hydroxylation is 2. The lowest BCUT2D eigenvalue weighted by atomic mass is 10.1. The number of hydrogen-bond donors (Lipinski definition) is 1. The molecule has 0 aliphatic rings. The van der Waals surface area contributed by atoms with Crippen molar-refractivity contribution < 1.29 is 18.0 Å². The Hall–Kier alpha value is -2.29. The number of para-hydroxylation sites is 1. The Bertz CT molecular complexity index is 1130. The zero-order valence-electron chi connectivity index (χ0n) is 20.2. The summed E-state index contributed by atoms with van der Waals surface area (Å²) in [4.78, 5) is 27.7. The average molecular weight is 529 g/mol. The highest BCUT2D eigenvalue weighted by molar-refractivity contribution is 7.92. The van der Waals surface area contributed by atoms with Crippen molar-refractivity contribution in [1.82, 2.24) is 10.2 Å². The first-order valence-electron chi connectivity index (χ1n) is 10.8. The Labute approximate surface area is 212 Å². The van der Waals surface area contributed by atoms with Crippen LogP contribution < -0.4 is 9.62 Å². The fourth-order valence-corrected chi connectivity index (χ4v) is 5.10. The molecule has 0 aliphatic heterocycles. The molecule has 0 aliphatic carbocycles. The Morgan fingerprint density at radius 1 is 0.971 bits per heavy atom. The van der Waals surface area contributed by atoms with Gasteiger partial charge in [-0.1, -0.05) is 47.5 Å². The molecule has 0 unspecified atom stereocenters. The van der Waals surface area contributed by atoms with Crippen LogP contribution in [0.3, 0.4) is 0 Å². The number of nitrogens with one attached hydrogen (secondary N) is 1. The van der Waals surface area contributed by atoms with Gasteiger partial charge in [0.2, 0.25) is 21.8 Å². The van der Waals surface area contributed by atoms with Gasteiger partial charge in [-0.25, -0.2) is 8.42 Å². The summed E-state index contributed by atoms with van der Waals surface area (Å²) in [6.07, 6.45) is 1.05. The van der Waals surface area contributed by atoms with E-state index >= 15 is 0 Å². The third kappa shape index (κ3) is 6.87. The predicted molar refractivity (Wildman–Crippen MR) is 138 cm³/mol. The summed E-state index contributed by atoms with van der Waals surface area (Å²) in [6.45, 7) is 8.24. The number of nitrogens with zero attached hydrogens (tertiary/aromatic N) is 2. The zero-order valence-corrected chi connectivity index (χ0v) is 22.6. The van der Waals surface area contributed by atoms with Gasteiger partial charge in [0.25, 0.3) is 0 Å². The Kier molecular flexibility index (Phi) is 9.39. The van der Waals surface area contributed by atoms with Gasteiger partial charge in [0.05, 0.1) is 11.9 Å². The van der Waals surface area contributed by atoms with Gasteiger partial charge in [-0.05, 0) is 57.9 Å². The maximum Gasteiger partial charge on any atom is 0.244 e. The SMILES string of the molecule is Cc1cccc(C)c1N(CC(=O)N(Cc1c(Cl)cccc1Cl)[C@@H](C)C(=O)NC(C)C)S(C)(=O)=O. The number of hydrogen-bond acceptors (Lipinski definition) is 4. The van der Waals surface area contributed by atoms with Crippen LogP contribution in [-0.2, 0) is 26.2 Å². The summed E-state index contributed by atoms with van der Waals surface area (Å²) < 4.78 is 26.6. The van der Waals surface area contributed by atoms with Crippen LogP contribution in [0.1, 0.15) is 37.5 Å². The van der Waals surface area contributed by atoms with Gasteiger partial charge in [-0.3, -0.25) is 13.9 Å². The molecule has 0 bridgehead atoms. The number of rotatable bonds is 9. The van der Waals surface area contributed by atoms with Gasteiger partial charge in [-0.15, -0.1) is 0 Å². The number of carbonyl (C=O) groups excluding carboxylic acids is 2. The van der Waals surface area contributed by atoms with Gasteiger partial charge < -0.3 is 10.2 Å². The molecule has 2 aromatic carbocycles. The lowest BCUT2D eigenvalue weighted by Gasteiger charge is -2.33. The van der Waals surface area contributed by atoms with Gasteiger partial charge in [0.1, 0.15) is 12.6 Å². The van der Waals surface area contributed by atoms with Gasteiger partial charge in [-0.2, -0.15) is 0 Å². The molecule has 34 heavy (non-hydrogen) atoms. The molecule has 0 radical (unpaired) electrons. The summed E-state index contributed by atoms with van der Waals surface area (Å²) in [7, 11) is -3.81. The first-order chi connectivity index (χ1) is 15.7. The molecule has 2 rings (SSSR count). The molecule has 0 spiro atoms. The van der Waals surface area contributed by atoms with Gasteiger partial charge in [0, 0.05) is 28.2 Å². The van der Waals surface area contributed by atoms with Gasteiger partial charge >= 0.3 is 0 Å². The molecule has 2 aromatic rings. The fraction of sp³-hybridized carbons (Fsp3) is 0.417. The first-order valence-corrected chi connectivity index (χ1v) is 13.4. The standard InChI is InChI=1S/C24H31Cl2N3O4S/c1-15(2)27-24(31)18(5)28(13-19-20(25)11-8-12-21(19)26)22(30)14-29(34(6,32)33)23-16(3)9-7-10-17(23)4/h7-12,15,18H,13-14H2,1-6H3,(H,27,31)/t18-/m0/s1. The molecule has 0 fully saturated rings.